The molecule has 0 saturated carbocycles. The third kappa shape index (κ3) is 4.39. The zero-order valence-corrected chi connectivity index (χ0v) is 17.6. The van der Waals surface area contributed by atoms with Crippen LogP contribution >= 0.6 is 0 Å². The van der Waals surface area contributed by atoms with Crippen LogP contribution < -0.4 is 4.43 Å². The lowest BCUT2D eigenvalue weighted by Gasteiger charge is -2.37. The van der Waals surface area contributed by atoms with Crippen molar-refractivity contribution in [3.05, 3.63) is 23.3 Å². The van der Waals surface area contributed by atoms with Crippen molar-refractivity contribution in [2.45, 2.75) is 57.6 Å². The summed E-state index contributed by atoms with van der Waals surface area (Å²) in [6.07, 6.45) is 1.15. The highest BCUT2D eigenvalue weighted by atomic mass is 32.2. The van der Waals surface area contributed by atoms with E-state index in [9.17, 15) is 13.2 Å². The molecule has 0 spiro atoms. The van der Waals surface area contributed by atoms with E-state index >= 15 is 0 Å². The average molecular weight is 373 g/mol. The molecule has 0 unspecified atom stereocenters. The summed E-state index contributed by atoms with van der Waals surface area (Å²) < 4.78 is 35.4. The molecule has 0 N–H and O–H groups in total. The van der Waals surface area contributed by atoms with Gasteiger partial charge in [-0.15, -0.1) is 0 Å². The van der Waals surface area contributed by atoms with Crippen LogP contribution in [-0.2, 0) is 14.6 Å². The predicted octanol–water partition coefficient (Wildman–Crippen LogP) is 3.96. The van der Waals surface area contributed by atoms with Crippen molar-refractivity contribution in [3.8, 4) is 5.75 Å². The molecule has 0 heterocycles. The Kier molecular flexibility index (Phi) is 5.93. The molecule has 136 valence electrons. The molecule has 0 saturated heterocycles. The highest BCUT2D eigenvalue weighted by Gasteiger charge is 2.40. The largest absolute Gasteiger partial charge is 0.543 e. The van der Waals surface area contributed by atoms with E-state index in [1.165, 1.54) is 12.1 Å². The lowest BCUT2D eigenvalue weighted by atomic mass is 10.1. The topological polar surface area (TPSA) is 69.7 Å². The summed E-state index contributed by atoms with van der Waals surface area (Å²) in [4.78, 5) is 12.4. The second-order valence-corrected chi connectivity index (χ2v) is 14.1. The van der Waals surface area contributed by atoms with E-state index in [4.69, 9.17) is 9.16 Å². The summed E-state index contributed by atoms with van der Waals surface area (Å²) in [6, 6.07) is 2.92. The maximum atomic E-state index is 12.3. The van der Waals surface area contributed by atoms with Gasteiger partial charge in [0.15, 0.2) is 9.84 Å². The van der Waals surface area contributed by atoms with Gasteiger partial charge in [-0.3, -0.25) is 0 Å². The highest BCUT2D eigenvalue weighted by molar-refractivity contribution is 7.90. The van der Waals surface area contributed by atoms with Crippen LogP contribution in [0.15, 0.2) is 17.0 Å². The fraction of sp³-hybridized carbons (Fsp3) is 0.588. The summed E-state index contributed by atoms with van der Waals surface area (Å²) >= 11 is 0. The quantitative estimate of drug-likeness (QED) is 0.578. The summed E-state index contributed by atoms with van der Waals surface area (Å²) in [5.74, 6) is -0.183. The van der Waals surface area contributed by atoms with Crippen molar-refractivity contribution >= 4 is 24.1 Å². The van der Waals surface area contributed by atoms with E-state index in [2.05, 4.69) is 33.9 Å². The summed E-state index contributed by atoms with van der Waals surface area (Å²) in [5.41, 5.74) is 0.722. The van der Waals surface area contributed by atoms with Crippen LogP contribution in [0.1, 0.15) is 43.6 Å². The number of hydrogen-bond acceptors (Lipinski definition) is 5. The predicted molar refractivity (Wildman–Crippen MR) is 98.1 cm³/mol. The SMILES string of the molecule is CCOC(=O)c1ccc(S(C)(=O)=O)c(C)c1O[Si](C)(C)C(C)(C)C. The molecule has 0 aliphatic carbocycles. The Hall–Kier alpha value is -1.34. The number of benzene rings is 1. The van der Waals surface area contributed by atoms with Gasteiger partial charge >= 0.3 is 5.97 Å². The van der Waals surface area contributed by atoms with Gasteiger partial charge in [-0.05, 0) is 44.1 Å². The van der Waals surface area contributed by atoms with Crippen molar-refractivity contribution in [1.82, 2.24) is 0 Å². The van der Waals surface area contributed by atoms with Gasteiger partial charge in [0, 0.05) is 11.8 Å². The first-order valence-electron chi connectivity index (χ1n) is 7.92. The molecule has 24 heavy (non-hydrogen) atoms. The Bertz CT molecular complexity index is 730. The minimum absolute atomic E-state index is 0.0908. The van der Waals surface area contributed by atoms with E-state index in [0.717, 1.165) is 6.26 Å². The molecular formula is C17H28O5SSi. The molecule has 0 radical (unpaired) electrons. The van der Waals surface area contributed by atoms with Crippen LogP contribution in [0.5, 0.6) is 5.75 Å². The maximum Gasteiger partial charge on any atom is 0.341 e. The van der Waals surface area contributed by atoms with Gasteiger partial charge in [0.25, 0.3) is 8.32 Å². The van der Waals surface area contributed by atoms with Gasteiger partial charge in [-0.25, -0.2) is 13.2 Å². The average Bonchev–Trinajstić information content (AvgIpc) is 2.38. The molecule has 0 aliphatic rings. The van der Waals surface area contributed by atoms with Gasteiger partial charge in [-0.1, -0.05) is 20.8 Å². The van der Waals surface area contributed by atoms with E-state index in [1.807, 2.05) is 0 Å². The second kappa shape index (κ2) is 6.88. The van der Waals surface area contributed by atoms with Crippen LogP contribution in [-0.4, -0.2) is 35.6 Å². The van der Waals surface area contributed by atoms with E-state index < -0.39 is 24.1 Å². The fourth-order valence-corrected chi connectivity index (χ4v) is 4.03. The molecule has 0 fully saturated rings. The van der Waals surface area contributed by atoms with Crippen LogP contribution in [0.3, 0.4) is 0 Å². The Labute approximate surface area is 146 Å². The Morgan fingerprint density at radius 1 is 1.21 bits per heavy atom. The van der Waals surface area contributed by atoms with Crippen LogP contribution in [0, 0.1) is 6.92 Å². The molecule has 1 aromatic carbocycles. The second-order valence-electron chi connectivity index (χ2n) is 7.42. The third-order valence-electron chi connectivity index (χ3n) is 4.41. The number of ether oxygens (including phenoxy) is 1. The molecular weight excluding hydrogens is 344 g/mol. The molecule has 7 heteroatoms. The maximum absolute atomic E-state index is 12.3. The van der Waals surface area contributed by atoms with Gasteiger partial charge in [0.1, 0.15) is 11.3 Å². The van der Waals surface area contributed by atoms with Crippen LogP contribution in [0.2, 0.25) is 18.1 Å². The number of carbonyl (C=O) groups excluding carboxylic acids is 1. The number of carbonyl (C=O) groups is 1. The zero-order chi connectivity index (χ0) is 18.9. The van der Waals surface area contributed by atoms with Crippen molar-refractivity contribution in [1.29, 1.82) is 0 Å². The first-order valence-corrected chi connectivity index (χ1v) is 12.7. The van der Waals surface area contributed by atoms with Crippen LogP contribution in [0.25, 0.3) is 0 Å². The molecule has 1 rings (SSSR count). The molecule has 0 aromatic heterocycles. The first-order chi connectivity index (χ1) is 10.7. The van der Waals surface area contributed by atoms with E-state index in [0.29, 0.717) is 11.3 Å². The third-order valence-corrected chi connectivity index (χ3v) is 9.98. The Morgan fingerprint density at radius 2 is 1.75 bits per heavy atom. The smallest absolute Gasteiger partial charge is 0.341 e. The number of rotatable bonds is 5. The monoisotopic (exact) mass is 372 g/mol. The molecule has 5 nitrogen and oxygen atoms in total. The lowest BCUT2D eigenvalue weighted by Crippen LogP contribution is -2.44. The van der Waals surface area contributed by atoms with Crippen molar-refractivity contribution in [2.75, 3.05) is 12.9 Å². The molecule has 1 aromatic rings. The van der Waals surface area contributed by atoms with E-state index in [-0.39, 0.29) is 22.1 Å². The summed E-state index contributed by atoms with van der Waals surface area (Å²) in [5, 5.41) is -0.0908. The van der Waals surface area contributed by atoms with Crippen molar-refractivity contribution < 1.29 is 22.4 Å². The van der Waals surface area contributed by atoms with E-state index in [1.54, 1.807) is 13.8 Å². The zero-order valence-electron chi connectivity index (χ0n) is 15.8. The van der Waals surface area contributed by atoms with Gasteiger partial charge in [0.2, 0.25) is 0 Å². The Balaban J connectivity index is 3.60. The number of esters is 1. The number of hydrogen-bond donors (Lipinski definition) is 0. The molecule has 0 aliphatic heterocycles. The molecule has 0 bridgehead atoms. The number of sulfone groups is 1. The fourth-order valence-electron chi connectivity index (χ4n) is 1.98. The molecule has 0 atom stereocenters. The van der Waals surface area contributed by atoms with Gasteiger partial charge < -0.3 is 9.16 Å². The van der Waals surface area contributed by atoms with Crippen LogP contribution in [0.4, 0.5) is 0 Å². The normalized spacial score (nSPS) is 12.8. The standard InChI is InChI=1S/C17H28O5SSi/c1-9-21-16(18)13-10-11-14(23(6,19)20)12(2)15(13)22-24(7,8)17(3,4)5/h10-11H,9H2,1-8H3. The minimum Gasteiger partial charge on any atom is -0.543 e. The molecule has 0 amide bonds. The summed E-state index contributed by atoms with van der Waals surface area (Å²) in [6.45, 7) is 14.0. The van der Waals surface area contributed by atoms with Crippen molar-refractivity contribution in [2.24, 2.45) is 0 Å². The van der Waals surface area contributed by atoms with Crippen molar-refractivity contribution in [3.63, 3.8) is 0 Å². The first kappa shape index (κ1) is 20.7. The minimum atomic E-state index is -3.42. The Morgan fingerprint density at radius 3 is 2.17 bits per heavy atom. The summed E-state index contributed by atoms with van der Waals surface area (Å²) in [7, 11) is -5.68. The lowest BCUT2D eigenvalue weighted by molar-refractivity contribution is 0.0523. The van der Waals surface area contributed by atoms with Gasteiger partial charge in [-0.2, -0.15) is 0 Å². The highest BCUT2D eigenvalue weighted by Crippen LogP contribution is 2.40. The van der Waals surface area contributed by atoms with Gasteiger partial charge in [0.05, 0.1) is 11.5 Å².